The average Bonchev–Trinajstić information content (AvgIpc) is 2.61. The molecule has 134 valence electrons. The van der Waals surface area contributed by atoms with Crippen LogP contribution in [-0.2, 0) is 11.2 Å². The number of aromatic nitrogens is 1. The number of halogens is 3. The number of nitrogens with zero attached hydrogens (tertiary/aromatic N) is 2. The number of carbonyl (C=O) groups excluding carboxylic acids is 1. The number of hydrogen-bond donors (Lipinski definition) is 1. The van der Waals surface area contributed by atoms with E-state index in [0.717, 1.165) is 24.2 Å². The summed E-state index contributed by atoms with van der Waals surface area (Å²) in [6.45, 7) is 2.26. The Morgan fingerprint density at radius 2 is 2.16 bits per heavy atom. The first-order valence-electron chi connectivity index (χ1n) is 7.99. The lowest BCUT2D eigenvalue weighted by molar-refractivity contribution is -0.134. The van der Waals surface area contributed by atoms with E-state index < -0.39 is 0 Å². The van der Waals surface area contributed by atoms with Gasteiger partial charge in [0, 0.05) is 48.5 Å². The van der Waals surface area contributed by atoms with Gasteiger partial charge in [-0.25, -0.2) is 0 Å². The fraction of sp³-hybridized carbons (Fsp3) is 0.333. The average molecular weight is 401 g/mol. The van der Waals surface area contributed by atoms with Gasteiger partial charge in [-0.3, -0.25) is 9.78 Å². The number of piperazine rings is 1. The second-order valence-corrected chi connectivity index (χ2v) is 6.67. The van der Waals surface area contributed by atoms with Crippen molar-refractivity contribution in [2.75, 3.05) is 19.6 Å². The summed E-state index contributed by atoms with van der Waals surface area (Å²) in [5.41, 5.74) is 2.00. The number of nitrogens with one attached hydrogen (secondary N) is 1. The van der Waals surface area contributed by atoms with E-state index in [1.54, 1.807) is 18.3 Å². The summed E-state index contributed by atoms with van der Waals surface area (Å²) in [6.07, 6.45) is 4.61. The molecule has 1 N–H and O–H groups in total. The van der Waals surface area contributed by atoms with Gasteiger partial charge < -0.3 is 10.2 Å². The van der Waals surface area contributed by atoms with Crippen molar-refractivity contribution in [3.05, 3.63) is 63.9 Å². The van der Waals surface area contributed by atoms with Crippen molar-refractivity contribution in [3.63, 3.8) is 0 Å². The van der Waals surface area contributed by atoms with Crippen molar-refractivity contribution in [1.82, 2.24) is 15.2 Å². The third-order valence-corrected chi connectivity index (χ3v) is 4.84. The van der Waals surface area contributed by atoms with Crippen LogP contribution in [0.5, 0.6) is 0 Å². The zero-order valence-corrected chi connectivity index (χ0v) is 15.9. The molecule has 1 saturated heterocycles. The Balaban J connectivity index is 0.00000225. The second-order valence-electron chi connectivity index (χ2n) is 5.83. The highest BCUT2D eigenvalue weighted by molar-refractivity contribution is 6.35. The van der Waals surface area contributed by atoms with Gasteiger partial charge in [0.1, 0.15) is 0 Å². The Morgan fingerprint density at radius 3 is 2.88 bits per heavy atom. The molecule has 1 aliphatic heterocycles. The van der Waals surface area contributed by atoms with Gasteiger partial charge >= 0.3 is 0 Å². The van der Waals surface area contributed by atoms with Crippen molar-refractivity contribution in [2.24, 2.45) is 0 Å². The predicted octanol–water partition coefficient (Wildman–Crippen LogP) is 3.92. The van der Waals surface area contributed by atoms with Crippen LogP contribution in [0.25, 0.3) is 0 Å². The molecule has 0 saturated carbocycles. The Labute approximate surface area is 163 Å². The summed E-state index contributed by atoms with van der Waals surface area (Å²) in [5.74, 6) is 0.136. The van der Waals surface area contributed by atoms with Crippen LogP contribution in [0.4, 0.5) is 0 Å². The number of benzene rings is 1. The van der Waals surface area contributed by atoms with E-state index in [1.807, 2.05) is 29.3 Å². The summed E-state index contributed by atoms with van der Waals surface area (Å²) in [7, 11) is 0. The standard InChI is InChI=1S/C18H19Cl2N3O.ClH/c19-15-5-3-13(16(20)10-15)4-6-18(24)23-9-8-22-12-17(23)14-2-1-7-21-11-14;/h1-3,5,7,10-11,17,22H,4,6,8-9,12H2;1H. The first-order valence-corrected chi connectivity index (χ1v) is 8.75. The maximum Gasteiger partial charge on any atom is 0.223 e. The SMILES string of the molecule is Cl.O=C(CCc1ccc(Cl)cc1Cl)N1CCNCC1c1cccnc1. The maximum atomic E-state index is 12.7. The Morgan fingerprint density at radius 1 is 1.32 bits per heavy atom. The van der Waals surface area contributed by atoms with Crippen LogP contribution in [0.15, 0.2) is 42.7 Å². The Hall–Kier alpha value is -1.33. The predicted molar refractivity (Wildman–Crippen MR) is 104 cm³/mol. The van der Waals surface area contributed by atoms with Crippen LogP contribution < -0.4 is 5.32 Å². The summed E-state index contributed by atoms with van der Waals surface area (Å²) < 4.78 is 0. The van der Waals surface area contributed by atoms with Gasteiger partial charge in [-0.05, 0) is 35.7 Å². The minimum Gasteiger partial charge on any atom is -0.333 e. The molecule has 1 unspecified atom stereocenters. The van der Waals surface area contributed by atoms with E-state index in [-0.39, 0.29) is 24.4 Å². The van der Waals surface area contributed by atoms with Crippen LogP contribution in [0.2, 0.25) is 10.0 Å². The monoisotopic (exact) mass is 399 g/mol. The van der Waals surface area contributed by atoms with E-state index >= 15 is 0 Å². The topological polar surface area (TPSA) is 45.2 Å². The lowest BCUT2D eigenvalue weighted by atomic mass is 10.0. The summed E-state index contributed by atoms with van der Waals surface area (Å²) in [5, 5.41) is 4.57. The lowest BCUT2D eigenvalue weighted by Gasteiger charge is -2.36. The molecule has 0 aliphatic carbocycles. The fourth-order valence-electron chi connectivity index (χ4n) is 2.98. The maximum absolute atomic E-state index is 12.7. The summed E-state index contributed by atoms with van der Waals surface area (Å²) in [6, 6.07) is 9.35. The van der Waals surface area contributed by atoms with E-state index in [1.165, 1.54) is 0 Å². The number of hydrogen-bond acceptors (Lipinski definition) is 3. The van der Waals surface area contributed by atoms with Crippen molar-refractivity contribution in [1.29, 1.82) is 0 Å². The molecule has 1 amide bonds. The molecule has 2 heterocycles. The lowest BCUT2D eigenvalue weighted by Crippen LogP contribution is -2.48. The third kappa shape index (κ3) is 5.08. The quantitative estimate of drug-likeness (QED) is 0.846. The molecule has 4 nitrogen and oxygen atoms in total. The molecule has 2 aromatic rings. The van der Waals surface area contributed by atoms with E-state index in [2.05, 4.69) is 10.3 Å². The molecular weight excluding hydrogens is 381 g/mol. The first-order chi connectivity index (χ1) is 11.6. The zero-order valence-electron chi connectivity index (χ0n) is 13.6. The molecule has 1 fully saturated rings. The molecular formula is C18H20Cl3N3O. The normalized spacial score (nSPS) is 17.0. The van der Waals surface area contributed by atoms with Gasteiger partial charge in [-0.2, -0.15) is 0 Å². The van der Waals surface area contributed by atoms with Crippen LogP contribution in [0, 0.1) is 0 Å². The minimum atomic E-state index is 0. The van der Waals surface area contributed by atoms with Gasteiger partial charge in [-0.15, -0.1) is 12.4 Å². The number of rotatable bonds is 4. The zero-order chi connectivity index (χ0) is 16.9. The number of amides is 1. The van der Waals surface area contributed by atoms with Crippen LogP contribution in [0.3, 0.4) is 0 Å². The molecule has 0 radical (unpaired) electrons. The van der Waals surface area contributed by atoms with Crippen molar-refractivity contribution in [3.8, 4) is 0 Å². The molecule has 1 aromatic carbocycles. The number of aryl methyl sites for hydroxylation is 1. The van der Waals surface area contributed by atoms with Crippen molar-refractivity contribution >= 4 is 41.5 Å². The highest BCUT2D eigenvalue weighted by Crippen LogP contribution is 2.25. The Kier molecular flexibility index (Phi) is 7.51. The molecule has 7 heteroatoms. The van der Waals surface area contributed by atoms with Gasteiger partial charge in [0.05, 0.1) is 6.04 Å². The van der Waals surface area contributed by atoms with E-state index in [9.17, 15) is 4.79 Å². The molecule has 0 spiro atoms. The molecule has 1 aromatic heterocycles. The van der Waals surface area contributed by atoms with Gasteiger partial charge in [0.2, 0.25) is 5.91 Å². The van der Waals surface area contributed by atoms with Gasteiger partial charge in [0.15, 0.2) is 0 Å². The number of pyridine rings is 1. The number of carbonyl (C=O) groups is 1. The molecule has 3 rings (SSSR count). The third-order valence-electron chi connectivity index (χ3n) is 4.26. The van der Waals surface area contributed by atoms with E-state index in [0.29, 0.717) is 29.4 Å². The van der Waals surface area contributed by atoms with Crippen LogP contribution in [0.1, 0.15) is 23.6 Å². The van der Waals surface area contributed by atoms with Gasteiger partial charge in [0.25, 0.3) is 0 Å². The summed E-state index contributed by atoms with van der Waals surface area (Å²) >= 11 is 12.1. The second kappa shape index (κ2) is 9.39. The van der Waals surface area contributed by atoms with E-state index in [4.69, 9.17) is 23.2 Å². The molecule has 25 heavy (non-hydrogen) atoms. The fourth-order valence-corrected chi connectivity index (χ4v) is 3.49. The minimum absolute atomic E-state index is 0. The highest BCUT2D eigenvalue weighted by atomic mass is 35.5. The summed E-state index contributed by atoms with van der Waals surface area (Å²) in [4.78, 5) is 18.9. The Bertz CT molecular complexity index is 712. The smallest absolute Gasteiger partial charge is 0.223 e. The first kappa shape index (κ1) is 20.0. The van der Waals surface area contributed by atoms with Gasteiger partial charge in [-0.1, -0.05) is 35.3 Å². The van der Waals surface area contributed by atoms with Crippen LogP contribution in [-0.4, -0.2) is 35.4 Å². The van der Waals surface area contributed by atoms with Crippen molar-refractivity contribution < 1.29 is 4.79 Å². The highest BCUT2D eigenvalue weighted by Gasteiger charge is 2.27. The molecule has 0 bridgehead atoms. The molecule has 1 atom stereocenters. The largest absolute Gasteiger partial charge is 0.333 e. The van der Waals surface area contributed by atoms with Crippen LogP contribution >= 0.6 is 35.6 Å². The van der Waals surface area contributed by atoms with Crippen molar-refractivity contribution in [2.45, 2.75) is 18.9 Å². The molecule has 1 aliphatic rings.